The zero-order valence-electron chi connectivity index (χ0n) is 17.3. The number of amides is 1. The molecule has 1 heterocycles. The molecule has 2 atom stereocenters. The number of hydrogen-bond donors (Lipinski definition) is 2. The van der Waals surface area contributed by atoms with Crippen LogP contribution in [-0.2, 0) is 4.79 Å². The standard InChI is InChI=1S/C20H36N4O3/c1-5-7-9-11-23(12-10-8-6-2)14-16(3)22-19(25)18-13-21-24(15-18)17(4)20(26)27/h13,15-17H,5-12,14H2,1-4H3,(H,22,25)(H,26,27). The van der Waals surface area contributed by atoms with Crippen LogP contribution in [0.3, 0.4) is 0 Å². The highest BCUT2D eigenvalue weighted by Crippen LogP contribution is 2.08. The van der Waals surface area contributed by atoms with Gasteiger partial charge in [-0.25, -0.2) is 4.79 Å². The van der Waals surface area contributed by atoms with Crippen molar-refractivity contribution in [1.29, 1.82) is 0 Å². The van der Waals surface area contributed by atoms with Gasteiger partial charge in [-0.05, 0) is 39.8 Å². The van der Waals surface area contributed by atoms with Crippen molar-refractivity contribution in [1.82, 2.24) is 20.0 Å². The molecule has 154 valence electrons. The van der Waals surface area contributed by atoms with E-state index in [1.54, 1.807) is 0 Å². The summed E-state index contributed by atoms with van der Waals surface area (Å²) in [5.41, 5.74) is 0.387. The van der Waals surface area contributed by atoms with Gasteiger partial charge in [0.15, 0.2) is 0 Å². The number of rotatable bonds is 14. The molecule has 0 aliphatic carbocycles. The van der Waals surface area contributed by atoms with Crippen LogP contribution in [0.15, 0.2) is 12.4 Å². The van der Waals surface area contributed by atoms with Crippen LogP contribution in [0.25, 0.3) is 0 Å². The third-order valence-corrected chi connectivity index (χ3v) is 4.68. The van der Waals surface area contributed by atoms with Crippen molar-refractivity contribution in [3.8, 4) is 0 Å². The lowest BCUT2D eigenvalue weighted by molar-refractivity contribution is -0.140. The smallest absolute Gasteiger partial charge is 0.328 e. The molecule has 7 heteroatoms. The van der Waals surface area contributed by atoms with Crippen molar-refractivity contribution in [2.75, 3.05) is 19.6 Å². The molecular formula is C20H36N4O3. The number of aliphatic carboxylic acids is 1. The minimum Gasteiger partial charge on any atom is -0.480 e. The van der Waals surface area contributed by atoms with Gasteiger partial charge in [-0.1, -0.05) is 39.5 Å². The summed E-state index contributed by atoms with van der Waals surface area (Å²) in [5.74, 6) is -1.19. The van der Waals surface area contributed by atoms with E-state index in [-0.39, 0.29) is 11.9 Å². The number of unbranched alkanes of at least 4 members (excludes halogenated alkanes) is 4. The summed E-state index contributed by atoms with van der Waals surface area (Å²) in [5, 5.41) is 16.0. The molecule has 0 bridgehead atoms. The lowest BCUT2D eigenvalue weighted by atomic mass is 10.2. The summed E-state index contributed by atoms with van der Waals surface area (Å²) < 4.78 is 1.30. The molecule has 2 unspecified atom stereocenters. The molecule has 27 heavy (non-hydrogen) atoms. The summed E-state index contributed by atoms with van der Waals surface area (Å²) >= 11 is 0. The van der Waals surface area contributed by atoms with Gasteiger partial charge in [0.2, 0.25) is 0 Å². The number of carboxylic acid groups (broad SMARTS) is 1. The summed E-state index contributed by atoms with van der Waals surface area (Å²) in [4.78, 5) is 25.9. The van der Waals surface area contributed by atoms with Gasteiger partial charge in [0.1, 0.15) is 6.04 Å². The first-order valence-electron chi connectivity index (χ1n) is 10.2. The summed E-state index contributed by atoms with van der Waals surface area (Å²) in [7, 11) is 0. The molecule has 0 saturated carbocycles. The minimum absolute atomic E-state index is 0.0148. The monoisotopic (exact) mass is 380 g/mol. The zero-order valence-corrected chi connectivity index (χ0v) is 17.3. The molecule has 0 aliphatic heterocycles. The molecule has 0 aliphatic rings. The third kappa shape index (κ3) is 8.56. The lowest BCUT2D eigenvalue weighted by Gasteiger charge is -2.26. The van der Waals surface area contributed by atoms with Crippen LogP contribution in [0.5, 0.6) is 0 Å². The second kappa shape index (κ2) is 12.5. The van der Waals surface area contributed by atoms with Crippen LogP contribution in [0, 0.1) is 0 Å². The molecule has 0 fully saturated rings. The highest BCUT2D eigenvalue weighted by Gasteiger charge is 2.18. The van der Waals surface area contributed by atoms with Crippen LogP contribution < -0.4 is 5.32 Å². The molecule has 0 aromatic carbocycles. The number of carbonyl (C=O) groups is 2. The van der Waals surface area contributed by atoms with Gasteiger partial charge in [0, 0.05) is 18.8 Å². The summed E-state index contributed by atoms with van der Waals surface area (Å²) in [6.07, 6.45) is 10.1. The van der Waals surface area contributed by atoms with Gasteiger partial charge in [-0.15, -0.1) is 0 Å². The van der Waals surface area contributed by atoms with Crippen molar-refractivity contribution in [3.63, 3.8) is 0 Å². The first-order valence-corrected chi connectivity index (χ1v) is 10.2. The van der Waals surface area contributed by atoms with Crippen LogP contribution in [0.1, 0.15) is 82.6 Å². The third-order valence-electron chi connectivity index (χ3n) is 4.68. The van der Waals surface area contributed by atoms with Gasteiger partial charge in [0.25, 0.3) is 5.91 Å². The Morgan fingerprint density at radius 3 is 2.26 bits per heavy atom. The Kier molecular flexibility index (Phi) is 10.7. The van der Waals surface area contributed by atoms with Crippen LogP contribution >= 0.6 is 0 Å². The Balaban J connectivity index is 2.56. The number of carboxylic acids is 1. The Labute approximate surface area is 163 Å². The maximum Gasteiger partial charge on any atom is 0.328 e. The van der Waals surface area contributed by atoms with E-state index < -0.39 is 12.0 Å². The fraction of sp³-hybridized carbons (Fsp3) is 0.750. The number of hydrogen-bond acceptors (Lipinski definition) is 4. The average molecular weight is 381 g/mol. The van der Waals surface area contributed by atoms with E-state index in [2.05, 4.69) is 29.2 Å². The van der Waals surface area contributed by atoms with Gasteiger partial charge >= 0.3 is 5.97 Å². The number of carbonyl (C=O) groups excluding carboxylic acids is 1. The molecular weight excluding hydrogens is 344 g/mol. The molecule has 0 saturated heterocycles. The van der Waals surface area contributed by atoms with E-state index in [0.717, 1.165) is 19.6 Å². The van der Waals surface area contributed by atoms with E-state index >= 15 is 0 Å². The van der Waals surface area contributed by atoms with Gasteiger partial charge in [0.05, 0.1) is 11.8 Å². The predicted octanol–water partition coefficient (Wildman–Crippen LogP) is 3.33. The van der Waals surface area contributed by atoms with E-state index in [4.69, 9.17) is 5.11 Å². The normalized spacial score (nSPS) is 13.5. The van der Waals surface area contributed by atoms with E-state index in [1.807, 2.05) is 6.92 Å². The lowest BCUT2D eigenvalue weighted by Crippen LogP contribution is -2.42. The van der Waals surface area contributed by atoms with Crippen LogP contribution in [-0.4, -0.2) is 57.3 Å². The fourth-order valence-electron chi connectivity index (χ4n) is 2.99. The molecule has 2 N–H and O–H groups in total. The Hall–Kier alpha value is -1.89. The predicted molar refractivity (Wildman–Crippen MR) is 107 cm³/mol. The Bertz CT molecular complexity index is 563. The average Bonchev–Trinajstić information content (AvgIpc) is 3.11. The first-order chi connectivity index (χ1) is 12.9. The van der Waals surface area contributed by atoms with Gasteiger partial charge in [-0.3, -0.25) is 9.48 Å². The molecule has 0 spiro atoms. The fourth-order valence-corrected chi connectivity index (χ4v) is 2.99. The Morgan fingerprint density at radius 1 is 1.15 bits per heavy atom. The highest BCUT2D eigenvalue weighted by molar-refractivity contribution is 5.94. The largest absolute Gasteiger partial charge is 0.480 e. The van der Waals surface area contributed by atoms with Crippen molar-refractivity contribution in [2.45, 2.75) is 78.3 Å². The zero-order chi connectivity index (χ0) is 20.2. The minimum atomic E-state index is -0.978. The van der Waals surface area contributed by atoms with E-state index in [1.165, 1.54) is 62.5 Å². The number of nitrogens with zero attached hydrogens (tertiary/aromatic N) is 3. The molecule has 1 rings (SSSR count). The van der Waals surface area contributed by atoms with Gasteiger partial charge in [-0.2, -0.15) is 5.10 Å². The molecule has 0 radical (unpaired) electrons. The molecule has 1 aromatic rings. The summed E-state index contributed by atoms with van der Waals surface area (Å²) in [6.45, 7) is 10.9. The number of aromatic nitrogens is 2. The number of nitrogens with one attached hydrogen (secondary N) is 1. The Morgan fingerprint density at radius 2 is 1.74 bits per heavy atom. The van der Waals surface area contributed by atoms with E-state index in [0.29, 0.717) is 5.56 Å². The van der Waals surface area contributed by atoms with Crippen molar-refractivity contribution < 1.29 is 14.7 Å². The molecule has 1 amide bonds. The first kappa shape index (κ1) is 23.1. The quantitative estimate of drug-likeness (QED) is 0.483. The van der Waals surface area contributed by atoms with Crippen LogP contribution in [0.2, 0.25) is 0 Å². The molecule has 1 aromatic heterocycles. The molecule has 7 nitrogen and oxygen atoms in total. The van der Waals surface area contributed by atoms with Crippen molar-refractivity contribution >= 4 is 11.9 Å². The maximum absolute atomic E-state index is 12.4. The van der Waals surface area contributed by atoms with Crippen molar-refractivity contribution in [3.05, 3.63) is 18.0 Å². The second-order valence-electron chi connectivity index (χ2n) is 7.31. The van der Waals surface area contributed by atoms with E-state index in [9.17, 15) is 9.59 Å². The summed E-state index contributed by atoms with van der Waals surface area (Å²) in [6, 6.07) is -0.780. The van der Waals surface area contributed by atoms with Crippen molar-refractivity contribution in [2.24, 2.45) is 0 Å². The van der Waals surface area contributed by atoms with Gasteiger partial charge < -0.3 is 15.3 Å². The highest BCUT2D eigenvalue weighted by atomic mass is 16.4. The van der Waals surface area contributed by atoms with Crippen LogP contribution in [0.4, 0.5) is 0 Å². The second-order valence-corrected chi connectivity index (χ2v) is 7.31. The maximum atomic E-state index is 12.4. The SMILES string of the molecule is CCCCCN(CCCCC)CC(C)NC(=O)c1cnn(C(C)C(=O)O)c1. The topological polar surface area (TPSA) is 87.5 Å².